The van der Waals surface area contributed by atoms with Crippen molar-refractivity contribution in [3.05, 3.63) is 60.4 Å². The first-order valence-electron chi connectivity index (χ1n) is 8.53. The van der Waals surface area contributed by atoms with Crippen LogP contribution in [0.2, 0.25) is 0 Å². The Labute approximate surface area is 151 Å². The molecule has 1 aliphatic heterocycles. The molecule has 1 saturated heterocycles. The number of nitrogens with zero attached hydrogens (tertiary/aromatic N) is 1. The number of hydrogen-bond donors (Lipinski definition) is 2. The Balaban J connectivity index is 1.62. The number of amides is 1. The van der Waals surface area contributed by atoms with E-state index in [1.807, 2.05) is 30.3 Å². The van der Waals surface area contributed by atoms with Crippen LogP contribution in [0.4, 0.5) is 5.69 Å². The van der Waals surface area contributed by atoms with Gasteiger partial charge in [-0.2, -0.15) is 0 Å². The van der Waals surface area contributed by atoms with Crippen LogP contribution < -0.4 is 4.72 Å². The van der Waals surface area contributed by atoms with Gasteiger partial charge < -0.3 is 9.88 Å². The van der Waals surface area contributed by atoms with E-state index < -0.39 is 10.0 Å². The summed E-state index contributed by atoms with van der Waals surface area (Å²) in [6.07, 6.45) is 3.33. The Morgan fingerprint density at radius 2 is 1.77 bits per heavy atom. The minimum Gasteiger partial charge on any atom is -0.356 e. The molecule has 0 saturated carbocycles. The average molecular weight is 369 g/mol. The van der Waals surface area contributed by atoms with Crippen LogP contribution in [0.1, 0.15) is 23.3 Å². The summed E-state index contributed by atoms with van der Waals surface area (Å²) in [7, 11) is -3.79. The third-order valence-corrected chi connectivity index (χ3v) is 5.97. The molecule has 2 aromatic carbocycles. The van der Waals surface area contributed by atoms with Crippen LogP contribution in [0, 0.1) is 0 Å². The summed E-state index contributed by atoms with van der Waals surface area (Å²) < 4.78 is 28.1. The fourth-order valence-electron chi connectivity index (χ4n) is 3.26. The molecule has 0 atom stereocenters. The second-order valence-corrected chi connectivity index (χ2v) is 8.06. The number of carbonyl (C=O) groups excluding carboxylic acids is 1. The zero-order valence-electron chi connectivity index (χ0n) is 14.1. The molecule has 0 unspecified atom stereocenters. The molecule has 0 bridgehead atoms. The highest BCUT2D eigenvalue weighted by atomic mass is 32.2. The van der Waals surface area contributed by atoms with Gasteiger partial charge in [0, 0.05) is 24.7 Å². The van der Waals surface area contributed by atoms with Gasteiger partial charge in [0.15, 0.2) is 0 Å². The molecule has 0 spiro atoms. The quantitative estimate of drug-likeness (QED) is 0.741. The fourth-order valence-corrected chi connectivity index (χ4v) is 4.33. The third kappa shape index (κ3) is 3.06. The number of rotatable bonds is 4. The number of carbonyl (C=O) groups is 1. The van der Waals surface area contributed by atoms with E-state index in [4.69, 9.17) is 0 Å². The van der Waals surface area contributed by atoms with Gasteiger partial charge in [0.05, 0.1) is 5.69 Å². The molecule has 2 N–H and O–H groups in total. The van der Waals surface area contributed by atoms with Gasteiger partial charge >= 0.3 is 0 Å². The summed E-state index contributed by atoms with van der Waals surface area (Å²) in [6, 6.07) is 14.4. The molecule has 1 aromatic heterocycles. The number of hydrogen-bond acceptors (Lipinski definition) is 3. The monoisotopic (exact) mass is 369 g/mol. The van der Waals surface area contributed by atoms with Crippen molar-refractivity contribution in [1.29, 1.82) is 0 Å². The van der Waals surface area contributed by atoms with Crippen LogP contribution in [0.5, 0.6) is 0 Å². The van der Waals surface area contributed by atoms with E-state index in [-0.39, 0.29) is 10.8 Å². The maximum absolute atomic E-state index is 12.7. The average Bonchev–Trinajstić information content (AvgIpc) is 3.33. The molecule has 1 aliphatic rings. The van der Waals surface area contributed by atoms with E-state index in [1.54, 1.807) is 17.0 Å². The Morgan fingerprint density at radius 1 is 1.04 bits per heavy atom. The number of anilines is 1. The molecule has 0 aliphatic carbocycles. The Kier molecular flexibility index (Phi) is 4.16. The molecule has 134 valence electrons. The first-order chi connectivity index (χ1) is 12.5. The highest BCUT2D eigenvalue weighted by Gasteiger charge is 2.24. The molecule has 7 heteroatoms. The topological polar surface area (TPSA) is 82.3 Å². The summed E-state index contributed by atoms with van der Waals surface area (Å²) in [4.78, 5) is 17.0. The molecular weight excluding hydrogens is 350 g/mol. The summed E-state index contributed by atoms with van der Waals surface area (Å²) >= 11 is 0. The van der Waals surface area contributed by atoms with Gasteiger partial charge in [-0.1, -0.05) is 36.4 Å². The first-order valence-corrected chi connectivity index (χ1v) is 10.0. The number of nitrogens with one attached hydrogen (secondary N) is 2. The molecule has 6 nitrogen and oxygen atoms in total. The molecule has 3 aromatic rings. The van der Waals surface area contributed by atoms with Crippen LogP contribution in [0.25, 0.3) is 10.8 Å². The van der Waals surface area contributed by atoms with Crippen LogP contribution in [-0.4, -0.2) is 37.3 Å². The zero-order chi connectivity index (χ0) is 18.1. The largest absolute Gasteiger partial charge is 0.356 e. The normalized spacial score (nSPS) is 14.7. The van der Waals surface area contributed by atoms with Gasteiger partial charge in [0.25, 0.3) is 15.9 Å². The van der Waals surface area contributed by atoms with E-state index in [2.05, 4.69) is 9.71 Å². The molecule has 26 heavy (non-hydrogen) atoms. The van der Waals surface area contributed by atoms with E-state index in [0.29, 0.717) is 24.5 Å². The number of sulfonamides is 1. The van der Waals surface area contributed by atoms with Crippen molar-refractivity contribution < 1.29 is 13.2 Å². The predicted octanol–water partition coefficient (Wildman–Crippen LogP) is 3.20. The van der Waals surface area contributed by atoms with Gasteiger partial charge in [-0.05, 0) is 30.4 Å². The summed E-state index contributed by atoms with van der Waals surface area (Å²) in [6.45, 7) is 1.43. The lowest BCUT2D eigenvalue weighted by atomic mass is 10.1. The Hall–Kier alpha value is -2.80. The van der Waals surface area contributed by atoms with Crippen LogP contribution in [-0.2, 0) is 10.0 Å². The Morgan fingerprint density at radius 3 is 2.58 bits per heavy atom. The fraction of sp³-hybridized carbons (Fsp3) is 0.211. The second kappa shape index (κ2) is 6.49. The van der Waals surface area contributed by atoms with Crippen molar-refractivity contribution in [2.24, 2.45) is 0 Å². The maximum Gasteiger partial charge on any atom is 0.270 e. The molecular formula is C19H19N3O3S. The van der Waals surface area contributed by atoms with Crippen molar-refractivity contribution in [2.75, 3.05) is 17.8 Å². The van der Waals surface area contributed by atoms with E-state index in [9.17, 15) is 13.2 Å². The minimum atomic E-state index is -3.79. The summed E-state index contributed by atoms with van der Waals surface area (Å²) in [5.74, 6) is -0.158. The lowest BCUT2D eigenvalue weighted by molar-refractivity contribution is 0.0787. The molecule has 4 rings (SSSR count). The Bertz CT molecular complexity index is 1060. The van der Waals surface area contributed by atoms with Gasteiger partial charge in [-0.25, -0.2) is 8.42 Å². The van der Waals surface area contributed by atoms with E-state index in [1.165, 1.54) is 12.3 Å². The van der Waals surface area contributed by atoms with Crippen LogP contribution >= 0.6 is 0 Å². The molecule has 1 amide bonds. The minimum absolute atomic E-state index is 0.0491. The zero-order valence-corrected chi connectivity index (χ0v) is 14.9. The summed E-state index contributed by atoms with van der Waals surface area (Å²) in [5, 5.41) is 1.77. The molecule has 2 heterocycles. The van der Waals surface area contributed by atoms with E-state index >= 15 is 0 Å². The van der Waals surface area contributed by atoms with Crippen molar-refractivity contribution in [2.45, 2.75) is 17.7 Å². The lowest BCUT2D eigenvalue weighted by Crippen LogP contribution is -2.27. The second-order valence-electron chi connectivity index (χ2n) is 6.38. The standard InChI is InChI=1S/C19H19N3O3S/c23-19(22-10-3-4-11-22)18-12-15(13-20-18)26(24,25)21-17-9-5-7-14-6-1-2-8-16(14)17/h1-2,5-9,12-13,20-21H,3-4,10-11H2. The highest BCUT2D eigenvalue weighted by Crippen LogP contribution is 2.26. The molecule has 1 fully saturated rings. The van der Waals surface area contributed by atoms with Crippen molar-refractivity contribution in [3.63, 3.8) is 0 Å². The smallest absolute Gasteiger partial charge is 0.270 e. The van der Waals surface area contributed by atoms with Gasteiger partial charge in [-0.3, -0.25) is 9.52 Å². The van der Waals surface area contributed by atoms with Crippen molar-refractivity contribution in [1.82, 2.24) is 9.88 Å². The van der Waals surface area contributed by atoms with Crippen molar-refractivity contribution in [3.8, 4) is 0 Å². The van der Waals surface area contributed by atoms with Crippen molar-refractivity contribution >= 4 is 32.4 Å². The van der Waals surface area contributed by atoms with Gasteiger partial charge in [0.1, 0.15) is 10.6 Å². The van der Waals surface area contributed by atoms with Crippen LogP contribution in [0.3, 0.4) is 0 Å². The molecule has 0 radical (unpaired) electrons. The maximum atomic E-state index is 12.7. The first kappa shape index (κ1) is 16.7. The lowest BCUT2D eigenvalue weighted by Gasteiger charge is -2.13. The van der Waals surface area contributed by atoms with Crippen LogP contribution in [0.15, 0.2) is 59.6 Å². The third-order valence-electron chi connectivity index (χ3n) is 4.62. The van der Waals surface area contributed by atoms with Gasteiger partial charge in [-0.15, -0.1) is 0 Å². The number of aromatic nitrogens is 1. The highest BCUT2D eigenvalue weighted by molar-refractivity contribution is 7.92. The number of aromatic amines is 1. The SMILES string of the molecule is O=C(c1cc(S(=O)(=O)Nc2cccc3ccccc23)c[nH]1)N1CCCC1. The number of likely N-dealkylation sites (tertiary alicyclic amines) is 1. The summed E-state index contributed by atoms with van der Waals surface area (Å²) in [5.41, 5.74) is 0.807. The van der Waals surface area contributed by atoms with E-state index in [0.717, 1.165) is 23.6 Å². The number of fused-ring (bicyclic) bond motifs is 1. The number of H-pyrrole nitrogens is 1. The predicted molar refractivity (Wildman–Crippen MR) is 101 cm³/mol. The van der Waals surface area contributed by atoms with Gasteiger partial charge in [0.2, 0.25) is 0 Å². The number of benzene rings is 2.